The molecule has 3 heteroatoms. The predicted octanol–water partition coefficient (Wildman–Crippen LogP) is 6.98. The van der Waals surface area contributed by atoms with Crippen LogP contribution in [0.3, 0.4) is 0 Å². The highest BCUT2D eigenvalue weighted by molar-refractivity contribution is 5.83. The van der Waals surface area contributed by atoms with Crippen LogP contribution < -0.4 is 5.32 Å². The van der Waals surface area contributed by atoms with E-state index < -0.39 is 0 Å². The van der Waals surface area contributed by atoms with Crippen LogP contribution in [0.1, 0.15) is 73.3 Å². The van der Waals surface area contributed by atoms with Crippen LogP contribution in [0.2, 0.25) is 0 Å². The van der Waals surface area contributed by atoms with Crippen molar-refractivity contribution in [3.05, 3.63) is 52.5 Å². The number of benzene rings is 1. The summed E-state index contributed by atoms with van der Waals surface area (Å²) in [5.41, 5.74) is 6.00. The van der Waals surface area contributed by atoms with Crippen molar-refractivity contribution >= 4 is 5.57 Å². The number of unbranched alkanes of at least 4 members (excludes halogenated alkanes) is 2. The Labute approximate surface area is 172 Å². The lowest BCUT2D eigenvalue weighted by Gasteiger charge is -2.37. The Morgan fingerprint density at radius 1 is 1.04 bits per heavy atom. The van der Waals surface area contributed by atoms with E-state index in [-0.39, 0.29) is 11.9 Å². The van der Waals surface area contributed by atoms with Gasteiger partial charge < -0.3 is 10.1 Å². The van der Waals surface area contributed by atoms with Crippen LogP contribution in [0, 0.1) is 17.7 Å². The number of allylic oxidation sites excluding steroid dienone is 3. The summed E-state index contributed by atoms with van der Waals surface area (Å²) >= 11 is 0. The van der Waals surface area contributed by atoms with E-state index in [0.29, 0.717) is 18.4 Å². The third-order valence-corrected chi connectivity index (χ3v) is 5.17. The van der Waals surface area contributed by atoms with Crippen LogP contribution in [-0.4, -0.2) is 19.8 Å². The second kappa shape index (κ2) is 12.1. The van der Waals surface area contributed by atoms with Gasteiger partial charge >= 0.3 is 0 Å². The maximum atomic E-state index is 13.3. The number of ether oxygens (including phenoxy) is 1. The van der Waals surface area contributed by atoms with Crippen LogP contribution in [0.25, 0.3) is 5.57 Å². The molecule has 0 amide bonds. The number of nitrogens with one attached hydrogen (secondary N) is 1. The Morgan fingerprint density at radius 3 is 2.00 bits per heavy atom. The smallest absolute Gasteiger partial charge is 0.123 e. The molecule has 0 fully saturated rings. The van der Waals surface area contributed by atoms with Crippen molar-refractivity contribution in [2.45, 2.75) is 73.8 Å². The van der Waals surface area contributed by atoms with Crippen molar-refractivity contribution in [3.8, 4) is 0 Å². The molecule has 0 saturated carbocycles. The van der Waals surface area contributed by atoms with E-state index in [0.717, 1.165) is 5.56 Å². The van der Waals surface area contributed by atoms with Gasteiger partial charge in [-0.15, -0.1) is 0 Å². The first-order valence-electron chi connectivity index (χ1n) is 10.7. The molecule has 2 nitrogen and oxygen atoms in total. The van der Waals surface area contributed by atoms with Crippen molar-refractivity contribution in [3.63, 3.8) is 0 Å². The van der Waals surface area contributed by atoms with Crippen LogP contribution in [0.5, 0.6) is 0 Å². The molecule has 158 valence electrons. The molecular formula is C25H40FNO. The summed E-state index contributed by atoms with van der Waals surface area (Å²) in [6.45, 7) is 16.0. The Balaban J connectivity index is 0.000000696. The molecule has 1 heterocycles. The van der Waals surface area contributed by atoms with Gasteiger partial charge in [-0.2, -0.15) is 0 Å². The third-order valence-electron chi connectivity index (χ3n) is 5.17. The summed E-state index contributed by atoms with van der Waals surface area (Å²) < 4.78 is 18.8. The van der Waals surface area contributed by atoms with E-state index in [2.05, 4.69) is 53.8 Å². The van der Waals surface area contributed by atoms with E-state index in [9.17, 15) is 4.39 Å². The average Bonchev–Trinajstić information content (AvgIpc) is 2.64. The number of rotatable bonds is 7. The molecule has 1 atom stereocenters. The van der Waals surface area contributed by atoms with Gasteiger partial charge in [-0.3, -0.25) is 0 Å². The predicted molar refractivity (Wildman–Crippen MR) is 120 cm³/mol. The highest BCUT2D eigenvalue weighted by atomic mass is 19.1. The molecule has 0 saturated heterocycles. The first-order chi connectivity index (χ1) is 13.3. The maximum absolute atomic E-state index is 13.3. The monoisotopic (exact) mass is 389 g/mol. The minimum atomic E-state index is -0.206. The van der Waals surface area contributed by atoms with E-state index in [4.69, 9.17) is 4.74 Å². The van der Waals surface area contributed by atoms with Crippen molar-refractivity contribution in [2.24, 2.45) is 11.8 Å². The number of hydrogen-bond acceptors (Lipinski definition) is 2. The zero-order chi connectivity index (χ0) is 21.3. The van der Waals surface area contributed by atoms with E-state index in [1.54, 1.807) is 7.11 Å². The van der Waals surface area contributed by atoms with E-state index in [1.807, 2.05) is 12.1 Å². The van der Waals surface area contributed by atoms with Gasteiger partial charge in [0, 0.05) is 12.8 Å². The van der Waals surface area contributed by atoms with Crippen molar-refractivity contribution in [1.29, 1.82) is 0 Å². The molecule has 1 aliphatic rings. The molecule has 2 rings (SSSR count). The molecule has 0 aliphatic carbocycles. The Bertz CT molecular complexity index is 654. The molecule has 0 aromatic heterocycles. The van der Waals surface area contributed by atoms with Crippen molar-refractivity contribution in [2.75, 3.05) is 13.7 Å². The normalized spacial score (nSPS) is 17.0. The quantitative estimate of drug-likeness (QED) is 0.543. The van der Waals surface area contributed by atoms with Gasteiger partial charge in [0.15, 0.2) is 0 Å². The lowest BCUT2D eigenvalue weighted by Crippen LogP contribution is -2.41. The number of hydrogen-bond donors (Lipinski definition) is 1. The van der Waals surface area contributed by atoms with Crippen LogP contribution in [-0.2, 0) is 4.74 Å². The summed E-state index contributed by atoms with van der Waals surface area (Å²) in [5.74, 6) is 0.649. The highest BCUT2D eigenvalue weighted by Gasteiger charge is 2.30. The van der Waals surface area contributed by atoms with Gasteiger partial charge in [-0.1, -0.05) is 72.9 Å². The van der Waals surface area contributed by atoms with Gasteiger partial charge in [0.25, 0.3) is 0 Å². The van der Waals surface area contributed by atoms with Gasteiger partial charge in [-0.25, -0.2) is 4.39 Å². The Kier molecular flexibility index (Phi) is 10.5. The summed E-state index contributed by atoms with van der Waals surface area (Å²) in [5, 5.41) is 3.72. The fourth-order valence-corrected chi connectivity index (χ4v) is 3.75. The minimum absolute atomic E-state index is 0.206. The summed E-state index contributed by atoms with van der Waals surface area (Å²) in [6, 6.07) is 7.02. The molecule has 1 aromatic carbocycles. The summed E-state index contributed by atoms with van der Waals surface area (Å²) in [4.78, 5) is 0. The Hall–Kier alpha value is -1.61. The first kappa shape index (κ1) is 24.4. The van der Waals surface area contributed by atoms with E-state index >= 15 is 0 Å². The van der Waals surface area contributed by atoms with E-state index in [1.165, 1.54) is 53.8 Å². The highest BCUT2D eigenvalue weighted by Crippen LogP contribution is 2.37. The lowest BCUT2D eigenvalue weighted by atomic mass is 9.81. The second-order valence-corrected chi connectivity index (χ2v) is 8.25. The number of halogens is 1. The maximum Gasteiger partial charge on any atom is 0.123 e. The molecule has 0 radical (unpaired) electrons. The average molecular weight is 390 g/mol. The molecular weight excluding hydrogens is 349 g/mol. The topological polar surface area (TPSA) is 21.3 Å². The largest absolute Gasteiger partial charge is 0.381 e. The molecule has 1 aromatic rings. The SMILES string of the molecule is CCCCC.COCC1=C(c2ccc(F)cc2)C(C)=C(C(C)C)NC1C(C)C. The fraction of sp³-hybridized carbons (Fsp3) is 0.600. The zero-order valence-corrected chi connectivity index (χ0v) is 19.2. The minimum Gasteiger partial charge on any atom is -0.381 e. The van der Waals surface area contributed by atoms with Crippen LogP contribution in [0.4, 0.5) is 4.39 Å². The van der Waals surface area contributed by atoms with Crippen LogP contribution >= 0.6 is 0 Å². The van der Waals surface area contributed by atoms with Crippen molar-refractivity contribution < 1.29 is 9.13 Å². The van der Waals surface area contributed by atoms with Gasteiger partial charge in [0.1, 0.15) is 5.82 Å². The molecule has 0 bridgehead atoms. The van der Waals surface area contributed by atoms with Crippen molar-refractivity contribution in [1.82, 2.24) is 5.32 Å². The number of dihydropyridines is 1. The summed E-state index contributed by atoms with van der Waals surface area (Å²) in [7, 11) is 1.73. The molecule has 1 aliphatic heterocycles. The fourth-order valence-electron chi connectivity index (χ4n) is 3.75. The first-order valence-corrected chi connectivity index (χ1v) is 10.7. The summed E-state index contributed by atoms with van der Waals surface area (Å²) in [6.07, 6.45) is 4.08. The zero-order valence-electron chi connectivity index (χ0n) is 19.2. The van der Waals surface area contributed by atoms with Gasteiger partial charge in [0.05, 0.1) is 12.6 Å². The second-order valence-electron chi connectivity index (χ2n) is 8.25. The third kappa shape index (κ3) is 6.48. The van der Waals surface area contributed by atoms with Crippen LogP contribution in [0.15, 0.2) is 41.1 Å². The Morgan fingerprint density at radius 2 is 1.61 bits per heavy atom. The lowest BCUT2D eigenvalue weighted by molar-refractivity contribution is 0.214. The van der Waals surface area contributed by atoms with Gasteiger partial charge in [-0.05, 0) is 53.2 Å². The molecule has 0 spiro atoms. The molecule has 1 unspecified atom stereocenters. The molecule has 28 heavy (non-hydrogen) atoms. The number of methoxy groups -OCH3 is 1. The van der Waals surface area contributed by atoms with Gasteiger partial charge in [0.2, 0.25) is 0 Å². The standard InChI is InChI=1S/C20H28FNO.C5H12/c1-12(2)19-14(5)18(15-7-9-16(21)10-8-15)17(11-23-6)20(22-19)13(3)4;1-3-5-4-2/h7-10,12-13,20,22H,11H2,1-6H3;3-5H2,1-2H3. The molecule has 1 N–H and O–H groups in total.